The molecule has 1 heterocycles. The van der Waals surface area contributed by atoms with E-state index in [-0.39, 0.29) is 0 Å². The van der Waals surface area contributed by atoms with E-state index in [2.05, 4.69) is 4.74 Å². The summed E-state index contributed by atoms with van der Waals surface area (Å²) in [6.07, 6.45) is -6.38. The summed E-state index contributed by atoms with van der Waals surface area (Å²) in [5.74, 6) is -6.35. The standard InChI is InChI=1S/C6H2F6O/c7-1-3-4(2-8)13-6(11,12)5(3,9)10/h1-2H. The Labute approximate surface area is 68.3 Å². The second-order valence-electron chi connectivity index (χ2n) is 2.19. The van der Waals surface area contributed by atoms with Gasteiger partial charge in [0.05, 0.1) is 0 Å². The third kappa shape index (κ3) is 1.18. The normalized spacial score (nSPS) is 30.9. The van der Waals surface area contributed by atoms with Crippen molar-refractivity contribution in [2.24, 2.45) is 0 Å². The second-order valence-corrected chi connectivity index (χ2v) is 2.19. The average Bonchev–Trinajstić information content (AvgIpc) is 2.19. The van der Waals surface area contributed by atoms with Crippen molar-refractivity contribution in [3.05, 3.63) is 24.0 Å². The van der Waals surface area contributed by atoms with Crippen LogP contribution in [0.3, 0.4) is 0 Å². The number of ether oxygens (including phenoxy) is 1. The predicted molar refractivity (Wildman–Crippen MR) is 29.4 cm³/mol. The Morgan fingerprint density at radius 1 is 1.00 bits per heavy atom. The molecule has 7 heteroatoms. The molecule has 1 rings (SSSR count). The average molecular weight is 204 g/mol. The largest absolute Gasteiger partial charge is 0.469 e. The highest BCUT2D eigenvalue weighted by molar-refractivity contribution is 5.36. The van der Waals surface area contributed by atoms with Crippen molar-refractivity contribution >= 4 is 0 Å². The van der Waals surface area contributed by atoms with Gasteiger partial charge >= 0.3 is 12.0 Å². The molecule has 1 fully saturated rings. The monoisotopic (exact) mass is 204 g/mol. The number of alkyl halides is 4. The molecule has 0 bridgehead atoms. The molecular weight excluding hydrogens is 202 g/mol. The van der Waals surface area contributed by atoms with Gasteiger partial charge in [-0.2, -0.15) is 17.6 Å². The van der Waals surface area contributed by atoms with Crippen LogP contribution < -0.4 is 0 Å². The zero-order valence-electron chi connectivity index (χ0n) is 5.83. The minimum absolute atomic E-state index is 0.653. The molecule has 0 radical (unpaired) electrons. The quantitative estimate of drug-likeness (QED) is 0.551. The molecule has 1 aliphatic rings. The summed E-state index contributed by atoms with van der Waals surface area (Å²) in [4.78, 5) is 0. The van der Waals surface area contributed by atoms with Gasteiger partial charge in [0.1, 0.15) is 18.2 Å². The molecule has 1 nitrogen and oxygen atoms in total. The maximum atomic E-state index is 12.4. The van der Waals surface area contributed by atoms with E-state index in [4.69, 9.17) is 0 Å². The van der Waals surface area contributed by atoms with Crippen molar-refractivity contribution < 1.29 is 31.1 Å². The van der Waals surface area contributed by atoms with Crippen LogP contribution in [0.5, 0.6) is 0 Å². The van der Waals surface area contributed by atoms with Crippen LogP contribution in [0.2, 0.25) is 0 Å². The molecule has 0 atom stereocenters. The van der Waals surface area contributed by atoms with E-state index in [1.165, 1.54) is 0 Å². The number of rotatable bonds is 0. The zero-order chi connectivity index (χ0) is 10.3. The summed E-state index contributed by atoms with van der Waals surface area (Å²) < 4.78 is 75.9. The molecule has 74 valence electrons. The van der Waals surface area contributed by atoms with Crippen molar-refractivity contribution in [2.45, 2.75) is 12.0 Å². The molecule has 13 heavy (non-hydrogen) atoms. The Balaban J connectivity index is 3.23. The molecular formula is C6H2F6O. The highest BCUT2D eigenvalue weighted by atomic mass is 19.3. The van der Waals surface area contributed by atoms with E-state index in [9.17, 15) is 26.3 Å². The lowest BCUT2D eigenvalue weighted by atomic mass is 10.1. The lowest BCUT2D eigenvalue weighted by Gasteiger charge is -2.14. The first-order chi connectivity index (χ1) is 5.86. The van der Waals surface area contributed by atoms with E-state index in [1.54, 1.807) is 0 Å². The molecule has 0 amide bonds. The van der Waals surface area contributed by atoms with Crippen molar-refractivity contribution in [1.82, 2.24) is 0 Å². The Hall–Kier alpha value is -1.14. The van der Waals surface area contributed by atoms with Crippen LogP contribution >= 0.6 is 0 Å². The third-order valence-corrected chi connectivity index (χ3v) is 1.42. The van der Waals surface area contributed by atoms with Crippen LogP contribution in [-0.4, -0.2) is 12.0 Å². The highest BCUT2D eigenvalue weighted by Gasteiger charge is 2.69. The predicted octanol–water partition coefficient (Wildman–Crippen LogP) is 2.91. The van der Waals surface area contributed by atoms with Gasteiger partial charge in [-0.15, -0.1) is 0 Å². The maximum Gasteiger partial charge on any atom is 0.469 e. The second kappa shape index (κ2) is 2.68. The molecule has 0 saturated carbocycles. The van der Waals surface area contributed by atoms with Crippen molar-refractivity contribution in [3.8, 4) is 0 Å². The molecule has 0 aromatic heterocycles. The Morgan fingerprint density at radius 2 is 1.54 bits per heavy atom. The maximum absolute atomic E-state index is 12.4. The Bertz CT molecular complexity index is 279. The molecule has 0 N–H and O–H groups in total. The van der Waals surface area contributed by atoms with E-state index in [1.807, 2.05) is 0 Å². The van der Waals surface area contributed by atoms with Gasteiger partial charge in [-0.25, -0.2) is 8.78 Å². The molecule has 0 aromatic rings. The number of hydrogen-bond acceptors (Lipinski definition) is 1. The SMILES string of the molecule is FC=C1OC(F)(F)C(F)(F)C1=CF. The Kier molecular flexibility index (Phi) is 2.05. The van der Waals surface area contributed by atoms with Gasteiger partial charge in [-0.3, -0.25) is 0 Å². The van der Waals surface area contributed by atoms with Crippen molar-refractivity contribution in [1.29, 1.82) is 0 Å². The third-order valence-electron chi connectivity index (χ3n) is 1.42. The van der Waals surface area contributed by atoms with Crippen LogP contribution in [0.25, 0.3) is 0 Å². The molecule has 0 unspecified atom stereocenters. The molecule has 0 spiro atoms. The van der Waals surface area contributed by atoms with Crippen LogP contribution in [0.4, 0.5) is 26.3 Å². The van der Waals surface area contributed by atoms with Crippen molar-refractivity contribution in [2.75, 3.05) is 0 Å². The van der Waals surface area contributed by atoms with E-state index >= 15 is 0 Å². The van der Waals surface area contributed by atoms with Crippen LogP contribution in [-0.2, 0) is 4.74 Å². The van der Waals surface area contributed by atoms with Crippen LogP contribution in [0, 0.1) is 0 Å². The van der Waals surface area contributed by atoms with Gasteiger partial charge in [-0.05, 0) is 0 Å². The topological polar surface area (TPSA) is 9.23 Å². The highest BCUT2D eigenvalue weighted by Crippen LogP contribution is 2.51. The first kappa shape index (κ1) is 9.94. The summed E-state index contributed by atoms with van der Waals surface area (Å²) in [6.45, 7) is 0. The Morgan fingerprint density at radius 3 is 1.85 bits per heavy atom. The van der Waals surface area contributed by atoms with Gasteiger partial charge in [-0.1, -0.05) is 0 Å². The number of allylic oxidation sites excluding steroid dienone is 1. The summed E-state index contributed by atoms with van der Waals surface area (Å²) in [5.41, 5.74) is -1.81. The number of hydrogen-bond donors (Lipinski definition) is 0. The first-order valence-electron chi connectivity index (χ1n) is 2.93. The molecule has 1 aliphatic heterocycles. The van der Waals surface area contributed by atoms with Gasteiger partial charge in [0, 0.05) is 0 Å². The fourth-order valence-electron chi connectivity index (χ4n) is 0.772. The van der Waals surface area contributed by atoms with Gasteiger partial charge in [0.15, 0.2) is 5.76 Å². The summed E-state index contributed by atoms with van der Waals surface area (Å²) in [7, 11) is 0. The zero-order valence-corrected chi connectivity index (χ0v) is 5.83. The van der Waals surface area contributed by atoms with Gasteiger partial charge in [0.25, 0.3) is 0 Å². The van der Waals surface area contributed by atoms with E-state index in [0.29, 0.717) is 0 Å². The lowest BCUT2D eigenvalue weighted by molar-refractivity contribution is -0.289. The molecule has 1 saturated heterocycles. The minimum atomic E-state index is -4.91. The summed E-state index contributed by atoms with van der Waals surface area (Å²) in [6, 6.07) is 0. The van der Waals surface area contributed by atoms with E-state index in [0.717, 1.165) is 0 Å². The van der Waals surface area contributed by atoms with Crippen LogP contribution in [0.1, 0.15) is 0 Å². The smallest absolute Gasteiger partial charge is 0.425 e. The summed E-state index contributed by atoms with van der Waals surface area (Å²) >= 11 is 0. The minimum Gasteiger partial charge on any atom is -0.425 e. The van der Waals surface area contributed by atoms with Crippen LogP contribution in [0.15, 0.2) is 24.0 Å². The summed E-state index contributed by atoms with van der Waals surface area (Å²) in [5, 5.41) is 0. The molecule has 0 aliphatic carbocycles. The van der Waals surface area contributed by atoms with Crippen molar-refractivity contribution in [3.63, 3.8) is 0 Å². The van der Waals surface area contributed by atoms with E-state index < -0.39 is 36.0 Å². The fraction of sp³-hybridized carbons (Fsp3) is 0.333. The van der Waals surface area contributed by atoms with Gasteiger partial charge in [0.2, 0.25) is 0 Å². The molecule has 0 aromatic carbocycles. The number of halogens is 6. The lowest BCUT2D eigenvalue weighted by Crippen LogP contribution is -2.36. The first-order valence-corrected chi connectivity index (χ1v) is 2.93. The fourth-order valence-corrected chi connectivity index (χ4v) is 0.772. The van der Waals surface area contributed by atoms with Gasteiger partial charge < -0.3 is 4.74 Å².